The summed E-state index contributed by atoms with van der Waals surface area (Å²) >= 11 is 0. The van der Waals surface area contributed by atoms with Crippen molar-refractivity contribution >= 4 is 23.1 Å². The first kappa shape index (κ1) is 25.0. The monoisotopic (exact) mass is 486 g/mol. The van der Waals surface area contributed by atoms with E-state index in [-0.39, 0.29) is 17.3 Å². The van der Waals surface area contributed by atoms with Gasteiger partial charge in [0.25, 0.3) is 11.7 Å². The Balaban J connectivity index is 1.87. The average molecular weight is 487 g/mol. The highest BCUT2D eigenvalue weighted by Crippen LogP contribution is 2.43. The number of benzene rings is 2. The maximum absolute atomic E-state index is 13.4. The Kier molecular flexibility index (Phi) is 7.38. The molecule has 0 spiro atoms. The van der Waals surface area contributed by atoms with Crippen LogP contribution in [0.5, 0.6) is 11.5 Å². The molecule has 1 fully saturated rings. The predicted molar refractivity (Wildman–Crippen MR) is 138 cm³/mol. The fourth-order valence-corrected chi connectivity index (χ4v) is 4.42. The van der Waals surface area contributed by atoms with Crippen molar-refractivity contribution in [3.8, 4) is 11.5 Å². The molecule has 3 aromatic rings. The number of aromatic nitrogens is 1. The van der Waals surface area contributed by atoms with E-state index in [1.54, 1.807) is 60.9 Å². The molecule has 7 heteroatoms. The summed E-state index contributed by atoms with van der Waals surface area (Å²) in [5, 5.41) is 11.4. The van der Waals surface area contributed by atoms with E-state index in [2.05, 4.69) is 4.98 Å². The largest absolute Gasteiger partial charge is 0.507 e. The SMILES string of the molecule is CCOc1ccc(N2C(=O)C(=O)/C(=C(\O)c3ccc(OCC)c(C(C)C)c3)C2c2ccncc2)cc1. The Bertz CT molecular complexity index is 1280. The Hall–Kier alpha value is -4.13. The molecule has 1 aliphatic rings. The number of Topliss-reactive ketones (excluding diaryl/α,β-unsaturated/α-hetero) is 1. The van der Waals surface area contributed by atoms with Gasteiger partial charge in [-0.1, -0.05) is 13.8 Å². The molecule has 36 heavy (non-hydrogen) atoms. The van der Waals surface area contributed by atoms with Crippen LogP contribution in [0.3, 0.4) is 0 Å². The van der Waals surface area contributed by atoms with Crippen molar-refractivity contribution < 1.29 is 24.2 Å². The highest BCUT2D eigenvalue weighted by atomic mass is 16.5. The summed E-state index contributed by atoms with van der Waals surface area (Å²) in [5.74, 6) is -0.172. The molecule has 1 atom stereocenters. The number of nitrogens with zero attached hydrogens (tertiary/aromatic N) is 2. The summed E-state index contributed by atoms with van der Waals surface area (Å²) in [4.78, 5) is 32.2. The fraction of sp³-hybridized carbons (Fsp3) is 0.276. The Morgan fingerprint density at radius 2 is 1.64 bits per heavy atom. The fourth-order valence-electron chi connectivity index (χ4n) is 4.42. The van der Waals surface area contributed by atoms with Crippen LogP contribution in [-0.2, 0) is 9.59 Å². The van der Waals surface area contributed by atoms with Crippen LogP contribution >= 0.6 is 0 Å². The number of carbonyl (C=O) groups excluding carboxylic acids is 2. The number of rotatable bonds is 8. The zero-order valence-electron chi connectivity index (χ0n) is 20.9. The van der Waals surface area contributed by atoms with Gasteiger partial charge in [0.1, 0.15) is 17.3 Å². The smallest absolute Gasteiger partial charge is 0.300 e. The van der Waals surface area contributed by atoms with E-state index in [1.807, 2.05) is 33.8 Å². The van der Waals surface area contributed by atoms with Crippen molar-refractivity contribution in [1.82, 2.24) is 4.98 Å². The number of hydrogen-bond donors (Lipinski definition) is 1. The summed E-state index contributed by atoms with van der Waals surface area (Å²) < 4.78 is 11.3. The summed E-state index contributed by atoms with van der Waals surface area (Å²) in [6.07, 6.45) is 3.20. The van der Waals surface area contributed by atoms with Crippen LogP contribution < -0.4 is 14.4 Å². The topological polar surface area (TPSA) is 89.0 Å². The third-order valence-corrected chi connectivity index (χ3v) is 6.10. The molecule has 2 aromatic carbocycles. The van der Waals surface area contributed by atoms with Crippen LogP contribution in [0, 0.1) is 0 Å². The van der Waals surface area contributed by atoms with Gasteiger partial charge in [-0.25, -0.2) is 0 Å². The molecule has 7 nitrogen and oxygen atoms in total. The second-order valence-corrected chi connectivity index (χ2v) is 8.72. The molecule has 1 N–H and O–H groups in total. The molecule has 0 saturated carbocycles. The van der Waals surface area contributed by atoms with Crippen molar-refractivity contribution in [1.29, 1.82) is 0 Å². The van der Waals surface area contributed by atoms with E-state index in [0.29, 0.717) is 35.8 Å². The van der Waals surface area contributed by atoms with E-state index in [4.69, 9.17) is 9.47 Å². The minimum Gasteiger partial charge on any atom is -0.507 e. The first-order valence-corrected chi connectivity index (χ1v) is 12.1. The molecule has 186 valence electrons. The summed E-state index contributed by atoms with van der Waals surface area (Å²) in [5.41, 5.74) is 2.57. The van der Waals surface area contributed by atoms with Crippen molar-refractivity contribution in [2.24, 2.45) is 0 Å². The first-order valence-electron chi connectivity index (χ1n) is 12.1. The summed E-state index contributed by atoms with van der Waals surface area (Å²) in [6.45, 7) is 8.89. The lowest BCUT2D eigenvalue weighted by Crippen LogP contribution is -2.29. The minimum atomic E-state index is -0.819. The maximum Gasteiger partial charge on any atom is 0.300 e. The Morgan fingerprint density at radius 3 is 2.25 bits per heavy atom. The summed E-state index contributed by atoms with van der Waals surface area (Å²) in [6, 6.07) is 14.9. The highest BCUT2D eigenvalue weighted by Gasteiger charge is 2.47. The second-order valence-electron chi connectivity index (χ2n) is 8.72. The number of aliphatic hydroxyl groups excluding tert-OH is 1. The molecule has 4 rings (SSSR count). The lowest BCUT2D eigenvalue weighted by Gasteiger charge is -2.25. The Morgan fingerprint density at radius 1 is 0.972 bits per heavy atom. The number of ether oxygens (including phenoxy) is 2. The summed E-state index contributed by atoms with van der Waals surface area (Å²) in [7, 11) is 0. The van der Waals surface area contributed by atoms with Gasteiger partial charge in [-0.15, -0.1) is 0 Å². The molecular weight excluding hydrogens is 456 g/mol. The number of amides is 1. The van der Waals surface area contributed by atoms with Crippen LogP contribution in [0.15, 0.2) is 72.6 Å². The number of pyridine rings is 1. The van der Waals surface area contributed by atoms with Gasteiger partial charge in [0.2, 0.25) is 0 Å². The van der Waals surface area contributed by atoms with Crippen LogP contribution in [0.2, 0.25) is 0 Å². The number of aliphatic hydroxyl groups is 1. The third-order valence-electron chi connectivity index (χ3n) is 6.10. The van der Waals surface area contributed by atoms with Gasteiger partial charge in [0, 0.05) is 23.6 Å². The average Bonchev–Trinajstić information content (AvgIpc) is 3.15. The van der Waals surface area contributed by atoms with Gasteiger partial charge in [0.15, 0.2) is 0 Å². The van der Waals surface area contributed by atoms with Crippen LogP contribution in [0.4, 0.5) is 5.69 Å². The van der Waals surface area contributed by atoms with Crippen molar-refractivity contribution in [3.63, 3.8) is 0 Å². The first-order chi connectivity index (χ1) is 17.4. The minimum absolute atomic E-state index is 0.0268. The number of carbonyl (C=O) groups is 2. The molecule has 2 heterocycles. The predicted octanol–water partition coefficient (Wildman–Crippen LogP) is 5.63. The van der Waals surface area contributed by atoms with E-state index in [0.717, 1.165) is 11.3 Å². The molecular formula is C29H30N2O5. The number of ketones is 1. The van der Waals surface area contributed by atoms with Gasteiger partial charge in [-0.3, -0.25) is 19.5 Å². The molecule has 1 unspecified atom stereocenters. The van der Waals surface area contributed by atoms with Crippen LogP contribution in [-0.4, -0.2) is 35.0 Å². The lowest BCUT2D eigenvalue weighted by molar-refractivity contribution is -0.132. The van der Waals surface area contributed by atoms with E-state index >= 15 is 0 Å². The maximum atomic E-state index is 13.4. The molecule has 1 saturated heterocycles. The quantitative estimate of drug-likeness (QED) is 0.252. The van der Waals surface area contributed by atoms with Crippen LogP contribution in [0.25, 0.3) is 5.76 Å². The van der Waals surface area contributed by atoms with Gasteiger partial charge < -0.3 is 14.6 Å². The molecule has 1 amide bonds. The van der Waals surface area contributed by atoms with Crippen LogP contribution in [0.1, 0.15) is 56.3 Å². The van der Waals surface area contributed by atoms with Gasteiger partial charge >= 0.3 is 0 Å². The number of anilines is 1. The van der Waals surface area contributed by atoms with Crippen molar-refractivity contribution in [2.45, 2.75) is 39.7 Å². The lowest BCUT2D eigenvalue weighted by atomic mass is 9.93. The molecule has 0 aliphatic carbocycles. The van der Waals surface area contributed by atoms with Gasteiger partial charge in [-0.05, 0) is 85.5 Å². The molecule has 1 aliphatic heterocycles. The van der Waals surface area contributed by atoms with E-state index in [9.17, 15) is 14.7 Å². The van der Waals surface area contributed by atoms with Crippen molar-refractivity contribution in [3.05, 3.63) is 89.3 Å². The van der Waals surface area contributed by atoms with Gasteiger partial charge in [-0.2, -0.15) is 0 Å². The number of hydrogen-bond acceptors (Lipinski definition) is 6. The third kappa shape index (κ3) is 4.69. The van der Waals surface area contributed by atoms with E-state index < -0.39 is 17.7 Å². The van der Waals surface area contributed by atoms with Crippen molar-refractivity contribution in [2.75, 3.05) is 18.1 Å². The Labute approximate surface area is 211 Å². The standard InChI is InChI=1S/C29H30N2O5/c1-5-35-22-10-8-21(9-11-22)31-26(19-13-15-30-16-14-19)25(28(33)29(31)34)27(32)20-7-12-24(36-6-2)23(17-20)18(3)4/h7-18,26,32H,5-6H2,1-4H3/b27-25-. The molecule has 0 radical (unpaired) electrons. The zero-order valence-corrected chi connectivity index (χ0v) is 20.9. The second kappa shape index (κ2) is 10.6. The zero-order chi connectivity index (χ0) is 25.8. The van der Waals surface area contributed by atoms with Gasteiger partial charge in [0.05, 0.1) is 24.8 Å². The highest BCUT2D eigenvalue weighted by molar-refractivity contribution is 6.51. The van der Waals surface area contributed by atoms with E-state index in [1.165, 1.54) is 4.90 Å². The molecule has 1 aromatic heterocycles. The normalized spacial score (nSPS) is 17.0. The molecule has 0 bridgehead atoms.